The standard InChI is InChI=1S/C21H26N2O2/c1-5-7-18-11-15(3)12-19(8-6-2)23(18)13-20-16(4)25-21(22-20)17-9-10-24-14-17/h5-6,9-11,14,18-19H,1-2,7-8,12-13H2,3-4H3/t18-,19-/m0/s1. The van der Waals surface area contributed by atoms with E-state index in [9.17, 15) is 0 Å². The fourth-order valence-electron chi connectivity index (χ4n) is 3.54. The molecule has 0 N–H and O–H groups in total. The highest BCUT2D eigenvalue weighted by Gasteiger charge is 2.29. The molecule has 3 heterocycles. The molecule has 2 atom stereocenters. The zero-order chi connectivity index (χ0) is 17.8. The Kier molecular flexibility index (Phi) is 5.39. The van der Waals surface area contributed by atoms with E-state index in [4.69, 9.17) is 13.8 Å². The molecule has 0 saturated carbocycles. The van der Waals surface area contributed by atoms with Crippen LogP contribution in [-0.2, 0) is 6.54 Å². The van der Waals surface area contributed by atoms with Gasteiger partial charge in [0, 0.05) is 18.6 Å². The summed E-state index contributed by atoms with van der Waals surface area (Å²) in [7, 11) is 0. The molecule has 0 spiro atoms. The molecule has 3 rings (SSSR count). The van der Waals surface area contributed by atoms with Crippen molar-refractivity contribution in [3.63, 3.8) is 0 Å². The minimum atomic E-state index is 0.338. The Morgan fingerprint density at radius 2 is 2.08 bits per heavy atom. The van der Waals surface area contributed by atoms with Crippen LogP contribution in [0.4, 0.5) is 0 Å². The Morgan fingerprint density at radius 1 is 1.28 bits per heavy atom. The Bertz CT molecular complexity index is 755. The molecule has 0 bridgehead atoms. The molecular weight excluding hydrogens is 312 g/mol. The molecule has 0 saturated heterocycles. The van der Waals surface area contributed by atoms with Crippen molar-refractivity contribution < 1.29 is 8.83 Å². The van der Waals surface area contributed by atoms with Gasteiger partial charge in [-0.05, 0) is 39.2 Å². The summed E-state index contributed by atoms with van der Waals surface area (Å²) in [6.07, 6.45) is 12.6. The normalized spacial score (nSPS) is 21.1. The quantitative estimate of drug-likeness (QED) is 0.644. The van der Waals surface area contributed by atoms with Crippen LogP contribution >= 0.6 is 0 Å². The zero-order valence-electron chi connectivity index (χ0n) is 15.1. The van der Waals surface area contributed by atoms with Crippen molar-refractivity contribution in [2.45, 2.75) is 51.7 Å². The van der Waals surface area contributed by atoms with E-state index in [1.54, 1.807) is 12.5 Å². The van der Waals surface area contributed by atoms with Gasteiger partial charge in [0.2, 0.25) is 5.89 Å². The number of hydrogen-bond donors (Lipinski definition) is 0. The minimum Gasteiger partial charge on any atom is -0.472 e. The predicted octanol–water partition coefficient (Wildman–Crippen LogP) is 5.28. The van der Waals surface area contributed by atoms with Crippen LogP contribution in [-0.4, -0.2) is 22.0 Å². The van der Waals surface area contributed by atoms with Crippen molar-refractivity contribution in [1.82, 2.24) is 9.88 Å². The SMILES string of the molecule is C=CC[C@H]1CC(C)=C[C@H](CC=C)N1Cc1nc(-c2ccoc2)oc1C. The van der Waals surface area contributed by atoms with Gasteiger partial charge in [-0.3, -0.25) is 4.90 Å². The molecule has 4 nitrogen and oxygen atoms in total. The van der Waals surface area contributed by atoms with Crippen molar-refractivity contribution in [3.8, 4) is 11.5 Å². The van der Waals surface area contributed by atoms with Gasteiger partial charge in [0.1, 0.15) is 12.0 Å². The molecular formula is C21H26N2O2. The summed E-state index contributed by atoms with van der Waals surface area (Å²) >= 11 is 0. The summed E-state index contributed by atoms with van der Waals surface area (Å²) in [5.74, 6) is 1.47. The van der Waals surface area contributed by atoms with Crippen molar-refractivity contribution >= 4 is 0 Å². The Morgan fingerprint density at radius 3 is 2.76 bits per heavy atom. The molecule has 1 aliphatic heterocycles. The highest BCUT2D eigenvalue weighted by Crippen LogP contribution is 2.30. The maximum atomic E-state index is 5.86. The third-order valence-corrected chi connectivity index (χ3v) is 4.77. The van der Waals surface area contributed by atoms with Crippen molar-refractivity contribution in [1.29, 1.82) is 0 Å². The van der Waals surface area contributed by atoms with E-state index >= 15 is 0 Å². The Balaban J connectivity index is 1.87. The molecule has 0 aromatic carbocycles. The molecule has 0 amide bonds. The summed E-state index contributed by atoms with van der Waals surface area (Å²) < 4.78 is 11.0. The lowest BCUT2D eigenvalue weighted by atomic mass is 9.92. The summed E-state index contributed by atoms with van der Waals surface area (Å²) in [6, 6.07) is 2.63. The van der Waals surface area contributed by atoms with Gasteiger partial charge in [-0.25, -0.2) is 4.98 Å². The highest BCUT2D eigenvalue weighted by atomic mass is 16.4. The summed E-state index contributed by atoms with van der Waals surface area (Å²) in [6.45, 7) is 12.8. The minimum absolute atomic E-state index is 0.338. The first-order chi connectivity index (χ1) is 12.1. The first-order valence-corrected chi connectivity index (χ1v) is 8.76. The number of nitrogens with zero attached hydrogens (tertiary/aromatic N) is 2. The van der Waals surface area contributed by atoms with Gasteiger partial charge in [0.25, 0.3) is 0 Å². The lowest BCUT2D eigenvalue weighted by molar-refractivity contribution is 0.136. The van der Waals surface area contributed by atoms with Crippen LogP contribution in [0.5, 0.6) is 0 Å². The predicted molar refractivity (Wildman–Crippen MR) is 100 cm³/mol. The van der Waals surface area contributed by atoms with E-state index in [0.717, 1.165) is 42.8 Å². The zero-order valence-corrected chi connectivity index (χ0v) is 15.1. The van der Waals surface area contributed by atoms with E-state index < -0.39 is 0 Å². The number of furan rings is 1. The number of aromatic nitrogens is 1. The topological polar surface area (TPSA) is 42.4 Å². The van der Waals surface area contributed by atoms with Crippen molar-refractivity contribution in [2.24, 2.45) is 0 Å². The van der Waals surface area contributed by atoms with E-state index in [0.29, 0.717) is 18.0 Å². The van der Waals surface area contributed by atoms with Gasteiger partial charge in [-0.15, -0.1) is 13.2 Å². The number of aryl methyl sites for hydroxylation is 1. The second-order valence-corrected chi connectivity index (χ2v) is 6.69. The first kappa shape index (κ1) is 17.5. The number of rotatable bonds is 7. The van der Waals surface area contributed by atoms with Gasteiger partial charge in [0.15, 0.2) is 0 Å². The molecule has 4 heteroatoms. The van der Waals surface area contributed by atoms with Crippen LogP contribution in [0.3, 0.4) is 0 Å². The second-order valence-electron chi connectivity index (χ2n) is 6.69. The third kappa shape index (κ3) is 3.85. The molecule has 0 fully saturated rings. The van der Waals surface area contributed by atoms with Gasteiger partial charge >= 0.3 is 0 Å². The maximum absolute atomic E-state index is 5.86. The average molecular weight is 338 g/mol. The maximum Gasteiger partial charge on any atom is 0.229 e. The summed E-state index contributed by atoms with van der Waals surface area (Å²) in [5, 5.41) is 0. The molecule has 0 aliphatic carbocycles. The van der Waals surface area contributed by atoms with Crippen LogP contribution in [0.2, 0.25) is 0 Å². The fraction of sp³-hybridized carbons (Fsp3) is 0.381. The van der Waals surface area contributed by atoms with Crippen LogP contribution in [0.25, 0.3) is 11.5 Å². The van der Waals surface area contributed by atoms with Gasteiger partial charge < -0.3 is 8.83 Å². The van der Waals surface area contributed by atoms with E-state index in [-0.39, 0.29) is 0 Å². The largest absolute Gasteiger partial charge is 0.472 e. The van der Waals surface area contributed by atoms with Gasteiger partial charge in [0.05, 0.1) is 17.5 Å². The number of oxazole rings is 1. The Hall–Kier alpha value is -2.33. The summed E-state index contributed by atoms with van der Waals surface area (Å²) in [4.78, 5) is 7.21. The van der Waals surface area contributed by atoms with E-state index in [1.807, 2.05) is 25.1 Å². The molecule has 0 radical (unpaired) electrons. The second kappa shape index (κ2) is 7.70. The summed E-state index contributed by atoms with van der Waals surface area (Å²) in [5.41, 5.74) is 3.28. The van der Waals surface area contributed by atoms with Crippen LogP contribution < -0.4 is 0 Å². The van der Waals surface area contributed by atoms with E-state index in [1.165, 1.54) is 5.57 Å². The Labute approximate surface area is 149 Å². The highest BCUT2D eigenvalue weighted by molar-refractivity contribution is 5.51. The molecule has 132 valence electrons. The number of hydrogen-bond acceptors (Lipinski definition) is 4. The monoisotopic (exact) mass is 338 g/mol. The first-order valence-electron chi connectivity index (χ1n) is 8.76. The van der Waals surface area contributed by atoms with Crippen molar-refractivity contribution in [2.75, 3.05) is 0 Å². The van der Waals surface area contributed by atoms with E-state index in [2.05, 4.69) is 31.1 Å². The van der Waals surface area contributed by atoms with Crippen LogP contribution in [0.1, 0.15) is 37.6 Å². The third-order valence-electron chi connectivity index (χ3n) is 4.77. The van der Waals surface area contributed by atoms with Crippen LogP contribution in [0.15, 0.2) is 64.4 Å². The molecule has 2 aromatic rings. The lowest BCUT2D eigenvalue weighted by Crippen LogP contribution is -2.44. The van der Waals surface area contributed by atoms with Crippen LogP contribution in [0, 0.1) is 6.92 Å². The van der Waals surface area contributed by atoms with Gasteiger partial charge in [-0.1, -0.05) is 23.8 Å². The fourth-order valence-corrected chi connectivity index (χ4v) is 3.54. The smallest absolute Gasteiger partial charge is 0.229 e. The molecule has 2 aromatic heterocycles. The van der Waals surface area contributed by atoms with Gasteiger partial charge in [-0.2, -0.15) is 0 Å². The molecule has 1 aliphatic rings. The lowest BCUT2D eigenvalue weighted by Gasteiger charge is -2.40. The molecule has 25 heavy (non-hydrogen) atoms. The average Bonchev–Trinajstić information content (AvgIpc) is 3.21. The molecule has 0 unspecified atom stereocenters. The van der Waals surface area contributed by atoms with Crippen molar-refractivity contribution in [3.05, 3.63) is 67.0 Å².